The van der Waals surface area contributed by atoms with Gasteiger partial charge in [-0.3, -0.25) is 14.8 Å². The maximum absolute atomic E-state index is 6.38. The Morgan fingerprint density at radius 2 is 1.92 bits per heavy atom. The van der Waals surface area contributed by atoms with Gasteiger partial charge in [-0.15, -0.1) is 0 Å². The Labute approximate surface area is 145 Å². The molecule has 0 amide bonds. The monoisotopic (exact) mass is 330 g/mol. The highest BCUT2D eigenvalue weighted by molar-refractivity contribution is 5.04. The van der Waals surface area contributed by atoms with Crippen LogP contribution in [0.3, 0.4) is 0 Å². The van der Waals surface area contributed by atoms with Crippen LogP contribution in [0.5, 0.6) is 0 Å². The number of hydrogen-bond donors (Lipinski definition) is 0. The van der Waals surface area contributed by atoms with Crippen LogP contribution < -0.4 is 0 Å². The van der Waals surface area contributed by atoms with Crippen molar-refractivity contribution in [2.24, 2.45) is 0 Å². The summed E-state index contributed by atoms with van der Waals surface area (Å²) in [5.74, 6) is 0. The standard InChI is InChI=1S/C19H30N4O/c1-21-10-12-23(13-11-21)18-14-19(24-16-18)5-8-22(9-6-19)15-17-4-2-3-7-20-17/h2-4,7,18H,5-6,8-16H2,1H3/t18-/m1/s1. The molecule has 24 heavy (non-hydrogen) atoms. The van der Waals surface area contributed by atoms with E-state index in [1.807, 2.05) is 12.3 Å². The molecule has 4 rings (SSSR count). The van der Waals surface area contributed by atoms with Gasteiger partial charge in [0.25, 0.3) is 0 Å². The number of rotatable bonds is 3. The minimum atomic E-state index is 0.147. The lowest BCUT2D eigenvalue weighted by Gasteiger charge is -2.39. The number of piperidine rings is 1. The van der Waals surface area contributed by atoms with Gasteiger partial charge in [0.2, 0.25) is 0 Å². The average molecular weight is 330 g/mol. The molecule has 4 heterocycles. The van der Waals surface area contributed by atoms with E-state index in [9.17, 15) is 0 Å². The number of piperazine rings is 1. The first kappa shape index (κ1) is 16.5. The summed E-state index contributed by atoms with van der Waals surface area (Å²) >= 11 is 0. The van der Waals surface area contributed by atoms with Gasteiger partial charge in [0.05, 0.1) is 17.9 Å². The van der Waals surface area contributed by atoms with E-state index >= 15 is 0 Å². The molecule has 0 N–H and O–H groups in total. The number of aromatic nitrogens is 1. The van der Waals surface area contributed by atoms with Gasteiger partial charge in [-0.05, 0) is 38.4 Å². The van der Waals surface area contributed by atoms with Crippen LogP contribution in [0.1, 0.15) is 25.0 Å². The molecule has 3 fully saturated rings. The van der Waals surface area contributed by atoms with E-state index in [2.05, 4.69) is 38.9 Å². The molecule has 0 saturated carbocycles. The summed E-state index contributed by atoms with van der Waals surface area (Å²) < 4.78 is 6.38. The van der Waals surface area contributed by atoms with Crippen molar-refractivity contribution in [2.75, 3.05) is 52.9 Å². The summed E-state index contributed by atoms with van der Waals surface area (Å²) in [6.45, 7) is 8.96. The molecule has 5 nitrogen and oxygen atoms in total. The molecule has 0 bridgehead atoms. The van der Waals surface area contributed by atoms with Gasteiger partial charge in [0.1, 0.15) is 0 Å². The Balaban J connectivity index is 1.28. The van der Waals surface area contributed by atoms with Crippen molar-refractivity contribution in [3.05, 3.63) is 30.1 Å². The maximum atomic E-state index is 6.38. The van der Waals surface area contributed by atoms with Crippen LogP contribution in [-0.4, -0.2) is 84.2 Å². The molecule has 1 aromatic heterocycles. The van der Waals surface area contributed by atoms with E-state index in [0.717, 1.165) is 26.2 Å². The largest absolute Gasteiger partial charge is 0.373 e. The van der Waals surface area contributed by atoms with Crippen LogP contribution in [0.4, 0.5) is 0 Å². The molecular weight excluding hydrogens is 300 g/mol. The van der Waals surface area contributed by atoms with Crippen LogP contribution in [0.25, 0.3) is 0 Å². The summed E-state index contributed by atoms with van der Waals surface area (Å²) in [6, 6.07) is 6.83. The van der Waals surface area contributed by atoms with Crippen molar-refractivity contribution in [1.82, 2.24) is 19.7 Å². The normalized spacial score (nSPS) is 29.3. The Morgan fingerprint density at radius 1 is 1.12 bits per heavy atom. The molecule has 1 aromatic rings. The molecule has 1 spiro atoms. The van der Waals surface area contributed by atoms with Crippen molar-refractivity contribution in [3.63, 3.8) is 0 Å². The Morgan fingerprint density at radius 3 is 2.62 bits per heavy atom. The van der Waals surface area contributed by atoms with E-state index in [0.29, 0.717) is 6.04 Å². The summed E-state index contributed by atoms with van der Waals surface area (Å²) in [7, 11) is 2.22. The van der Waals surface area contributed by atoms with Crippen molar-refractivity contribution < 1.29 is 4.74 Å². The van der Waals surface area contributed by atoms with Crippen molar-refractivity contribution in [1.29, 1.82) is 0 Å². The Kier molecular flexibility index (Phi) is 4.86. The zero-order valence-electron chi connectivity index (χ0n) is 14.9. The summed E-state index contributed by atoms with van der Waals surface area (Å²) in [4.78, 5) is 12.1. The first-order valence-electron chi connectivity index (χ1n) is 9.41. The van der Waals surface area contributed by atoms with E-state index in [1.165, 1.54) is 51.1 Å². The SMILES string of the molecule is CN1CCN([C@H]2COC3(CCN(Cc4ccccn4)CC3)C2)CC1. The quantitative estimate of drug-likeness (QED) is 0.837. The second kappa shape index (κ2) is 7.08. The second-order valence-electron chi connectivity index (χ2n) is 7.79. The Hall–Kier alpha value is -1.01. The number of ether oxygens (including phenoxy) is 1. The van der Waals surface area contributed by atoms with E-state index in [1.54, 1.807) is 0 Å². The molecular formula is C19H30N4O. The predicted octanol–water partition coefficient (Wildman–Crippen LogP) is 1.45. The lowest BCUT2D eigenvalue weighted by Crippen LogP contribution is -2.50. The number of hydrogen-bond acceptors (Lipinski definition) is 5. The average Bonchev–Trinajstić information content (AvgIpc) is 3.03. The molecule has 0 aliphatic carbocycles. The van der Waals surface area contributed by atoms with Crippen LogP contribution in [0.15, 0.2) is 24.4 Å². The topological polar surface area (TPSA) is 31.8 Å². The van der Waals surface area contributed by atoms with Gasteiger partial charge in [-0.1, -0.05) is 6.07 Å². The van der Waals surface area contributed by atoms with Gasteiger partial charge in [-0.2, -0.15) is 0 Å². The van der Waals surface area contributed by atoms with Gasteiger partial charge < -0.3 is 9.64 Å². The second-order valence-corrected chi connectivity index (χ2v) is 7.79. The summed E-state index contributed by atoms with van der Waals surface area (Å²) in [6.07, 6.45) is 5.46. The molecule has 5 heteroatoms. The number of pyridine rings is 1. The van der Waals surface area contributed by atoms with Crippen molar-refractivity contribution in [2.45, 2.75) is 37.5 Å². The highest BCUT2D eigenvalue weighted by atomic mass is 16.5. The van der Waals surface area contributed by atoms with E-state index in [-0.39, 0.29) is 5.60 Å². The highest BCUT2D eigenvalue weighted by Crippen LogP contribution is 2.38. The van der Waals surface area contributed by atoms with Gasteiger partial charge in [-0.25, -0.2) is 0 Å². The first-order chi connectivity index (χ1) is 11.7. The van der Waals surface area contributed by atoms with Crippen LogP contribution >= 0.6 is 0 Å². The smallest absolute Gasteiger partial charge is 0.0723 e. The molecule has 1 atom stereocenters. The van der Waals surface area contributed by atoms with E-state index in [4.69, 9.17) is 4.74 Å². The minimum Gasteiger partial charge on any atom is -0.373 e. The van der Waals surface area contributed by atoms with Crippen molar-refractivity contribution >= 4 is 0 Å². The van der Waals surface area contributed by atoms with Crippen molar-refractivity contribution in [3.8, 4) is 0 Å². The third-order valence-corrected chi connectivity index (χ3v) is 6.12. The van der Waals surface area contributed by atoms with Crippen LogP contribution in [0, 0.1) is 0 Å². The molecule has 3 aliphatic heterocycles. The number of likely N-dealkylation sites (tertiary alicyclic amines) is 1. The predicted molar refractivity (Wildman–Crippen MR) is 94.9 cm³/mol. The number of nitrogens with zero attached hydrogens (tertiary/aromatic N) is 4. The van der Waals surface area contributed by atoms with Gasteiger partial charge in [0.15, 0.2) is 0 Å². The molecule has 3 aliphatic rings. The minimum absolute atomic E-state index is 0.147. The first-order valence-corrected chi connectivity index (χ1v) is 9.41. The zero-order chi connectivity index (χ0) is 16.4. The lowest BCUT2D eigenvalue weighted by molar-refractivity contribution is -0.0456. The maximum Gasteiger partial charge on any atom is 0.0723 e. The van der Waals surface area contributed by atoms with Gasteiger partial charge >= 0.3 is 0 Å². The summed E-state index contributed by atoms with van der Waals surface area (Å²) in [5, 5.41) is 0. The molecule has 0 unspecified atom stereocenters. The molecule has 3 saturated heterocycles. The molecule has 0 aromatic carbocycles. The molecule has 132 valence electrons. The fraction of sp³-hybridized carbons (Fsp3) is 0.737. The summed E-state index contributed by atoms with van der Waals surface area (Å²) in [5.41, 5.74) is 1.32. The third-order valence-electron chi connectivity index (χ3n) is 6.12. The van der Waals surface area contributed by atoms with Crippen LogP contribution in [-0.2, 0) is 11.3 Å². The molecule has 0 radical (unpaired) electrons. The Bertz CT molecular complexity index is 521. The highest BCUT2D eigenvalue weighted by Gasteiger charge is 2.44. The van der Waals surface area contributed by atoms with E-state index < -0.39 is 0 Å². The van der Waals surface area contributed by atoms with Gasteiger partial charge in [0, 0.05) is 58.1 Å². The third kappa shape index (κ3) is 3.64. The van der Waals surface area contributed by atoms with Crippen LogP contribution in [0.2, 0.25) is 0 Å². The lowest BCUT2D eigenvalue weighted by atomic mass is 9.87. The number of likely N-dealkylation sites (N-methyl/N-ethyl adjacent to an activating group) is 1. The zero-order valence-corrected chi connectivity index (χ0v) is 14.9. The fourth-order valence-corrected chi connectivity index (χ4v) is 4.43. The fourth-order valence-electron chi connectivity index (χ4n) is 4.43.